The summed E-state index contributed by atoms with van der Waals surface area (Å²) >= 11 is 1.39. The summed E-state index contributed by atoms with van der Waals surface area (Å²) in [6.45, 7) is 0.820. The van der Waals surface area contributed by atoms with Gasteiger partial charge in [-0.2, -0.15) is 0 Å². The summed E-state index contributed by atoms with van der Waals surface area (Å²) in [6, 6.07) is 12.6. The van der Waals surface area contributed by atoms with E-state index in [9.17, 15) is 9.59 Å². The van der Waals surface area contributed by atoms with E-state index in [0.29, 0.717) is 23.5 Å². The smallest absolute Gasteiger partial charge is 0.261 e. The van der Waals surface area contributed by atoms with Gasteiger partial charge in [-0.15, -0.1) is 11.3 Å². The molecule has 2 amide bonds. The van der Waals surface area contributed by atoms with Crippen LogP contribution in [0.2, 0.25) is 0 Å². The van der Waals surface area contributed by atoms with Gasteiger partial charge in [-0.1, -0.05) is 24.3 Å². The lowest BCUT2D eigenvalue weighted by Crippen LogP contribution is -2.34. The molecule has 0 aliphatic heterocycles. The highest BCUT2D eigenvalue weighted by molar-refractivity contribution is 7.12. The van der Waals surface area contributed by atoms with Crippen LogP contribution in [0, 0.1) is 0 Å². The van der Waals surface area contributed by atoms with Crippen LogP contribution < -0.4 is 10.6 Å². The summed E-state index contributed by atoms with van der Waals surface area (Å²) < 4.78 is 0. The third-order valence-electron chi connectivity index (χ3n) is 2.48. The molecule has 98 valence electrons. The first kappa shape index (κ1) is 13.3. The molecular formula is C14H14N2O2S. The van der Waals surface area contributed by atoms with Crippen molar-refractivity contribution in [1.29, 1.82) is 0 Å². The first-order chi connectivity index (χ1) is 9.27. The zero-order valence-electron chi connectivity index (χ0n) is 10.3. The minimum Gasteiger partial charge on any atom is -0.350 e. The van der Waals surface area contributed by atoms with Gasteiger partial charge in [0.05, 0.1) is 4.88 Å². The van der Waals surface area contributed by atoms with Crippen molar-refractivity contribution in [2.75, 3.05) is 13.1 Å². The van der Waals surface area contributed by atoms with Crippen molar-refractivity contribution < 1.29 is 9.59 Å². The fraction of sp³-hybridized carbons (Fsp3) is 0.143. The molecule has 2 aromatic rings. The van der Waals surface area contributed by atoms with Crippen LogP contribution in [0.1, 0.15) is 20.0 Å². The van der Waals surface area contributed by atoms with E-state index in [1.807, 2.05) is 29.6 Å². The lowest BCUT2D eigenvalue weighted by Gasteiger charge is -2.06. The number of benzene rings is 1. The molecule has 5 heteroatoms. The number of carbonyl (C=O) groups is 2. The maximum Gasteiger partial charge on any atom is 0.261 e. The average Bonchev–Trinajstić information content (AvgIpc) is 2.98. The van der Waals surface area contributed by atoms with Crippen LogP contribution in [-0.4, -0.2) is 24.9 Å². The minimum atomic E-state index is -0.133. The van der Waals surface area contributed by atoms with Crippen molar-refractivity contribution in [3.63, 3.8) is 0 Å². The number of hydrogen-bond donors (Lipinski definition) is 2. The maximum absolute atomic E-state index is 11.7. The number of nitrogens with one attached hydrogen (secondary N) is 2. The van der Waals surface area contributed by atoms with E-state index in [0.717, 1.165) is 0 Å². The van der Waals surface area contributed by atoms with Crippen LogP contribution in [0.4, 0.5) is 0 Å². The monoisotopic (exact) mass is 274 g/mol. The average molecular weight is 274 g/mol. The molecule has 0 spiro atoms. The number of thiophene rings is 1. The third kappa shape index (κ3) is 3.93. The predicted molar refractivity (Wildman–Crippen MR) is 75.4 cm³/mol. The van der Waals surface area contributed by atoms with Gasteiger partial charge in [-0.25, -0.2) is 0 Å². The molecule has 0 unspecified atom stereocenters. The number of carbonyl (C=O) groups excluding carboxylic acids is 2. The van der Waals surface area contributed by atoms with Gasteiger partial charge in [-0.3, -0.25) is 9.59 Å². The number of hydrogen-bond acceptors (Lipinski definition) is 3. The van der Waals surface area contributed by atoms with Gasteiger partial charge in [-0.05, 0) is 23.6 Å². The molecule has 0 aliphatic rings. The molecule has 0 fully saturated rings. The van der Waals surface area contributed by atoms with E-state index in [1.54, 1.807) is 18.2 Å². The predicted octanol–water partition coefficient (Wildman–Crippen LogP) is 1.91. The summed E-state index contributed by atoms with van der Waals surface area (Å²) in [7, 11) is 0. The molecule has 1 aromatic carbocycles. The molecule has 2 rings (SSSR count). The topological polar surface area (TPSA) is 58.2 Å². The van der Waals surface area contributed by atoms with E-state index in [1.165, 1.54) is 11.3 Å². The molecule has 0 radical (unpaired) electrons. The fourth-order valence-electron chi connectivity index (χ4n) is 1.54. The molecule has 0 saturated carbocycles. The number of amides is 2. The Morgan fingerprint density at radius 1 is 0.895 bits per heavy atom. The van der Waals surface area contributed by atoms with Crippen LogP contribution in [-0.2, 0) is 0 Å². The van der Waals surface area contributed by atoms with E-state index in [2.05, 4.69) is 10.6 Å². The highest BCUT2D eigenvalue weighted by Crippen LogP contribution is 2.07. The van der Waals surface area contributed by atoms with Gasteiger partial charge in [0, 0.05) is 18.7 Å². The SMILES string of the molecule is O=C(NCCNC(=O)c1cccs1)c1ccccc1. The molecule has 0 atom stereocenters. The molecule has 0 bridgehead atoms. The van der Waals surface area contributed by atoms with Gasteiger partial charge in [0.2, 0.25) is 0 Å². The molecule has 1 aromatic heterocycles. The quantitative estimate of drug-likeness (QED) is 0.818. The second-order valence-corrected chi connectivity index (χ2v) is 4.80. The Bertz CT molecular complexity index is 538. The fourth-order valence-corrected chi connectivity index (χ4v) is 2.18. The molecular weight excluding hydrogens is 260 g/mol. The van der Waals surface area contributed by atoms with Gasteiger partial charge in [0.1, 0.15) is 0 Å². The van der Waals surface area contributed by atoms with Crippen LogP contribution >= 0.6 is 11.3 Å². The van der Waals surface area contributed by atoms with Crippen LogP contribution in [0.15, 0.2) is 47.8 Å². The highest BCUT2D eigenvalue weighted by Gasteiger charge is 2.06. The Hall–Kier alpha value is -2.14. The maximum atomic E-state index is 11.7. The molecule has 19 heavy (non-hydrogen) atoms. The van der Waals surface area contributed by atoms with E-state index >= 15 is 0 Å². The van der Waals surface area contributed by atoms with Crippen LogP contribution in [0.5, 0.6) is 0 Å². The lowest BCUT2D eigenvalue weighted by molar-refractivity contribution is 0.0929. The molecule has 2 N–H and O–H groups in total. The second-order valence-electron chi connectivity index (χ2n) is 3.86. The Labute approximate surface area is 115 Å². The summed E-state index contributed by atoms with van der Waals surface area (Å²) in [4.78, 5) is 24.0. The summed E-state index contributed by atoms with van der Waals surface area (Å²) in [5, 5.41) is 7.35. The van der Waals surface area contributed by atoms with E-state index in [-0.39, 0.29) is 11.8 Å². The Balaban J connectivity index is 1.70. The van der Waals surface area contributed by atoms with E-state index in [4.69, 9.17) is 0 Å². The minimum absolute atomic E-state index is 0.107. The largest absolute Gasteiger partial charge is 0.350 e. The zero-order chi connectivity index (χ0) is 13.5. The Morgan fingerprint density at radius 3 is 2.21 bits per heavy atom. The highest BCUT2D eigenvalue weighted by atomic mass is 32.1. The van der Waals surface area contributed by atoms with Gasteiger partial charge in [0.25, 0.3) is 11.8 Å². The molecule has 4 nitrogen and oxygen atoms in total. The summed E-state index contributed by atoms with van der Waals surface area (Å²) in [5.74, 6) is -0.241. The van der Waals surface area contributed by atoms with Crippen molar-refractivity contribution >= 4 is 23.2 Å². The van der Waals surface area contributed by atoms with Crippen molar-refractivity contribution in [2.45, 2.75) is 0 Å². The normalized spacial score (nSPS) is 9.89. The Morgan fingerprint density at radius 2 is 1.58 bits per heavy atom. The summed E-state index contributed by atoms with van der Waals surface area (Å²) in [6.07, 6.45) is 0. The van der Waals surface area contributed by atoms with Crippen molar-refractivity contribution in [3.8, 4) is 0 Å². The third-order valence-corrected chi connectivity index (χ3v) is 3.35. The first-order valence-corrected chi connectivity index (χ1v) is 6.80. The second kappa shape index (κ2) is 6.70. The van der Waals surface area contributed by atoms with Crippen molar-refractivity contribution in [2.24, 2.45) is 0 Å². The standard InChI is InChI=1S/C14H14N2O2S/c17-13(11-5-2-1-3-6-11)15-8-9-16-14(18)12-7-4-10-19-12/h1-7,10H,8-9H2,(H,15,17)(H,16,18). The lowest BCUT2D eigenvalue weighted by atomic mass is 10.2. The van der Waals surface area contributed by atoms with Gasteiger partial charge < -0.3 is 10.6 Å². The van der Waals surface area contributed by atoms with Crippen molar-refractivity contribution in [3.05, 3.63) is 58.3 Å². The van der Waals surface area contributed by atoms with Gasteiger partial charge >= 0.3 is 0 Å². The zero-order valence-corrected chi connectivity index (χ0v) is 11.1. The summed E-state index contributed by atoms with van der Waals surface area (Å²) in [5.41, 5.74) is 0.618. The van der Waals surface area contributed by atoms with E-state index < -0.39 is 0 Å². The first-order valence-electron chi connectivity index (χ1n) is 5.92. The Kier molecular flexibility index (Phi) is 4.69. The van der Waals surface area contributed by atoms with Crippen LogP contribution in [0.3, 0.4) is 0 Å². The number of rotatable bonds is 5. The molecule has 1 heterocycles. The van der Waals surface area contributed by atoms with Gasteiger partial charge in [0.15, 0.2) is 0 Å². The molecule has 0 aliphatic carbocycles. The van der Waals surface area contributed by atoms with Crippen LogP contribution in [0.25, 0.3) is 0 Å². The van der Waals surface area contributed by atoms with Crippen molar-refractivity contribution in [1.82, 2.24) is 10.6 Å². The molecule has 0 saturated heterocycles.